The number of hydrogen-bond donors (Lipinski definition) is 2. The van der Waals surface area contributed by atoms with E-state index in [1.54, 1.807) is 6.92 Å². The molecule has 1 amide bonds. The highest BCUT2D eigenvalue weighted by Crippen LogP contribution is 2.10. The number of carboxylic acid groups (broad SMARTS) is 1. The summed E-state index contributed by atoms with van der Waals surface area (Å²) in [5.74, 6) is -2.40. The molecule has 0 saturated heterocycles. The summed E-state index contributed by atoms with van der Waals surface area (Å²) >= 11 is 0. The van der Waals surface area contributed by atoms with E-state index in [0.717, 1.165) is 0 Å². The Morgan fingerprint density at radius 3 is 2.40 bits per heavy atom. The second-order valence-corrected chi connectivity index (χ2v) is 3.40. The maximum atomic E-state index is 11.4. The Morgan fingerprint density at radius 2 is 1.93 bits per heavy atom. The zero-order valence-electron chi connectivity index (χ0n) is 9.45. The maximum Gasteiger partial charge on any atom is 0.307 e. The molecule has 5 heteroatoms. The summed E-state index contributed by atoms with van der Waals surface area (Å²) < 4.78 is 5.04. The normalized spacial score (nSPS) is 14.3. The summed E-state index contributed by atoms with van der Waals surface area (Å²) in [4.78, 5) is 22.0. The standard InChI is InChI=1S/C10H19NO4/c1-4-15-6-5-11-9(12)7(2)8(3)10(13)14/h7-8H,4-6H2,1-3H3,(H,11,12)(H,13,14). The number of carboxylic acids is 1. The first-order chi connectivity index (χ1) is 7.00. The predicted octanol–water partition coefficient (Wildman–Crippen LogP) is 0.496. The van der Waals surface area contributed by atoms with Gasteiger partial charge in [0, 0.05) is 19.1 Å². The smallest absolute Gasteiger partial charge is 0.307 e. The van der Waals surface area contributed by atoms with Crippen LogP contribution in [0.5, 0.6) is 0 Å². The lowest BCUT2D eigenvalue weighted by molar-refractivity contribution is -0.146. The summed E-state index contributed by atoms with van der Waals surface area (Å²) in [5.41, 5.74) is 0. The molecule has 15 heavy (non-hydrogen) atoms. The summed E-state index contributed by atoms with van der Waals surface area (Å²) in [6.45, 7) is 6.48. The third-order valence-corrected chi connectivity index (χ3v) is 2.30. The van der Waals surface area contributed by atoms with Gasteiger partial charge in [-0.3, -0.25) is 9.59 Å². The Hall–Kier alpha value is -1.10. The molecule has 0 rings (SSSR count). The van der Waals surface area contributed by atoms with Crippen molar-refractivity contribution in [3.63, 3.8) is 0 Å². The lowest BCUT2D eigenvalue weighted by atomic mass is 9.95. The SMILES string of the molecule is CCOCCNC(=O)C(C)C(C)C(=O)O. The minimum atomic E-state index is -0.956. The van der Waals surface area contributed by atoms with Crippen molar-refractivity contribution in [2.24, 2.45) is 11.8 Å². The molecule has 0 saturated carbocycles. The Morgan fingerprint density at radius 1 is 1.33 bits per heavy atom. The van der Waals surface area contributed by atoms with Crippen molar-refractivity contribution in [1.82, 2.24) is 5.32 Å². The number of nitrogens with one attached hydrogen (secondary N) is 1. The van der Waals surface area contributed by atoms with Crippen molar-refractivity contribution < 1.29 is 19.4 Å². The second kappa shape index (κ2) is 7.23. The Labute approximate surface area is 89.8 Å². The van der Waals surface area contributed by atoms with Crippen LogP contribution in [-0.2, 0) is 14.3 Å². The fourth-order valence-corrected chi connectivity index (χ4v) is 0.993. The van der Waals surface area contributed by atoms with Gasteiger partial charge in [0.15, 0.2) is 0 Å². The Balaban J connectivity index is 3.84. The quantitative estimate of drug-likeness (QED) is 0.609. The molecule has 0 bridgehead atoms. The van der Waals surface area contributed by atoms with E-state index in [0.29, 0.717) is 19.8 Å². The van der Waals surface area contributed by atoms with Gasteiger partial charge in [-0.25, -0.2) is 0 Å². The molecule has 0 fully saturated rings. The van der Waals surface area contributed by atoms with E-state index in [2.05, 4.69) is 5.32 Å². The maximum absolute atomic E-state index is 11.4. The van der Waals surface area contributed by atoms with Crippen LogP contribution in [0.1, 0.15) is 20.8 Å². The third-order valence-electron chi connectivity index (χ3n) is 2.30. The van der Waals surface area contributed by atoms with E-state index in [1.165, 1.54) is 6.92 Å². The first-order valence-corrected chi connectivity index (χ1v) is 5.09. The van der Waals surface area contributed by atoms with Crippen LogP contribution in [0.2, 0.25) is 0 Å². The van der Waals surface area contributed by atoms with Gasteiger partial charge in [0.25, 0.3) is 0 Å². The van der Waals surface area contributed by atoms with Crippen molar-refractivity contribution in [1.29, 1.82) is 0 Å². The number of aliphatic carboxylic acids is 1. The molecule has 0 aromatic rings. The Bertz CT molecular complexity index is 217. The largest absolute Gasteiger partial charge is 0.481 e. The predicted molar refractivity (Wildman–Crippen MR) is 55.5 cm³/mol. The van der Waals surface area contributed by atoms with Crippen LogP contribution in [0.3, 0.4) is 0 Å². The van der Waals surface area contributed by atoms with Crippen LogP contribution in [0.15, 0.2) is 0 Å². The van der Waals surface area contributed by atoms with Gasteiger partial charge in [-0.15, -0.1) is 0 Å². The van der Waals surface area contributed by atoms with Crippen LogP contribution in [0.4, 0.5) is 0 Å². The fraction of sp³-hybridized carbons (Fsp3) is 0.800. The molecular weight excluding hydrogens is 198 g/mol. The van der Waals surface area contributed by atoms with E-state index in [1.807, 2.05) is 6.92 Å². The highest BCUT2D eigenvalue weighted by atomic mass is 16.5. The number of rotatable bonds is 7. The number of ether oxygens (including phenoxy) is 1. The minimum absolute atomic E-state index is 0.246. The second-order valence-electron chi connectivity index (χ2n) is 3.40. The summed E-state index contributed by atoms with van der Waals surface area (Å²) in [6, 6.07) is 0. The number of hydrogen-bond acceptors (Lipinski definition) is 3. The molecule has 0 aliphatic rings. The molecule has 2 atom stereocenters. The molecule has 88 valence electrons. The molecule has 0 spiro atoms. The van der Waals surface area contributed by atoms with E-state index in [-0.39, 0.29) is 5.91 Å². The van der Waals surface area contributed by atoms with Gasteiger partial charge in [-0.1, -0.05) is 13.8 Å². The number of carbonyl (C=O) groups is 2. The van der Waals surface area contributed by atoms with Gasteiger partial charge in [-0.05, 0) is 6.92 Å². The van der Waals surface area contributed by atoms with Crippen molar-refractivity contribution in [3.8, 4) is 0 Å². The first kappa shape index (κ1) is 13.9. The van der Waals surface area contributed by atoms with Crippen molar-refractivity contribution in [2.45, 2.75) is 20.8 Å². The molecule has 5 nitrogen and oxygen atoms in total. The van der Waals surface area contributed by atoms with Gasteiger partial charge < -0.3 is 15.2 Å². The van der Waals surface area contributed by atoms with Crippen LogP contribution in [0, 0.1) is 11.8 Å². The average Bonchev–Trinajstić information content (AvgIpc) is 2.21. The van der Waals surface area contributed by atoms with Crippen LogP contribution < -0.4 is 5.32 Å². The molecule has 0 aromatic heterocycles. The molecule has 0 radical (unpaired) electrons. The van der Waals surface area contributed by atoms with E-state index in [9.17, 15) is 9.59 Å². The highest BCUT2D eigenvalue weighted by molar-refractivity contribution is 5.84. The van der Waals surface area contributed by atoms with Crippen molar-refractivity contribution in [2.75, 3.05) is 19.8 Å². The molecule has 2 unspecified atom stereocenters. The fourth-order valence-electron chi connectivity index (χ4n) is 0.993. The molecule has 0 aromatic carbocycles. The van der Waals surface area contributed by atoms with Gasteiger partial charge in [-0.2, -0.15) is 0 Å². The van der Waals surface area contributed by atoms with Gasteiger partial charge in [0.2, 0.25) is 5.91 Å². The zero-order valence-corrected chi connectivity index (χ0v) is 9.45. The van der Waals surface area contributed by atoms with Gasteiger partial charge >= 0.3 is 5.97 Å². The van der Waals surface area contributed by atoms with Crippen LogP contribution in [-0.4, -0.2) is 36.7 Å². The molecule has 0 aliphatic heterocycles. The monoisotopic (exact) mass is 217 g/mol. The van der Waals surface area contributed by atoms with E-state index >= 15 is 0 Å². The first-order valence-electron chi connectivity index (χ1n) is 5.09. The highest BCUT2D eigenvalue weighted by Gasteiger charge is 2.25. The minimum Gasteiger partial charge on any atom is -0.481 e. The summed E-state index contributed by atoms with van der Waals surface area (Å²) in [5, 5.41) is 11.3. The van der Waals surface area contributed by atoms with Gasteiger partial charge in [0.1, 0.15) is 0 Å². The number of amides is 1. The Kier molecular flexibility index (Phi) is 6.70. The number of carbonyl (C=O) groups excluding carboxylic acids is 1. The molecule has 0 heterocycles. The van der Waals surface area contributed by atoms with Gasteiger partial charge in [0.05, 0.1) is 12.5 Å². The van der Waals surface area contributed by atoms with E-state index in [4.69, 9.17) is 9.84 Å². The average molecular weight is 217 g/mol. The zero-order chi connectivity index (χ0) is 11.8. The van der Waals surface area contributed by atoms with Crippen LogP contribution >= 0.6 is 0 Å². The lowest BCUT2D eigenvalue weighted by Crippen LogP contribution is -2.36. The third kappa shape index (κ3) is 5.37. The molecular formula is C10H19NO4. The summed E-state index contributed by atoms with van der Waals surface area (Å²) in [7, 11) is 0. The lowest BCUT2D eigenvalue weighted by Gasteiger charge is -2.15. The van der Waals surface area contributed by atoms with Crippen molar-refractivity contribution >= 4 is 11.9 Å². The summed E-state index contributed by atoms with van der Waals surface area (Å²) in [6.07, 6.45) is 0. The van der Waals surface area contributed by atoms with Crippen molar-refractivity contribution in [3.05, 3.63) is 0 Å². The van der Waals surface area contributed by atoms with E-state index < -0.39 is 17.8 Å². The topological polar surface area (TPSA) is 75.6 Å². The molecule has 2 N–H and O–H groups in total. The molecule has 0 aliphatic carbocycles. The van der Waals surface area contributed by atoms with Crippen LogP contribution in [0.25, 0.3) is 0 Å².